The summed E-state index contributed by atoms with van der Waals surface area (Å²) in [6, 6.07) is -0.809. The lowest BCUT2D eigenvalue weighted by atomic mass is 10.0. The number of hydrogen-bond acceptors (Lipinski definition) is 6. The van der Waals surface area contributed by atoms with E-state index >= 15 is 0 Å². The second-order valence-electron chi connectivity index (χ2n) is 15.7. The summed E-state index contributed by atoms with van der Waals surface area (Å²) in [5.74, 6) is -0.174. The van der Waals surface area contributed by atoms with Crippen LogP contribution < -0.4 is 10.2 Å². The van der Waals surface area contributed by atoms with Gasteiger partial charge in [-0.1, -0.05) is 161 Å². The number of quaternary nitrogens is 1. The van der Waals surface area contributed by atoms with Crippen molar-refractivity contribution in [2.75, 3.05) is 40.9 Å². The molecule has 298 valence electrons. The number of likely N-dealkylation sites (N-methyl/N-ethyl adjacent to an activating group) is 1. The second-order valence-corrected chi connectivity index (χ2v) is 17.1. The number of phosphoric ester groups is 1. The topological polar surface area (TPSA) is 108 Å². The Bertz CT molecular complexity index is 834. The van der Waals surface area contributed by atoms with E-state index in [1.165, 1.54) is 122 Å². The number of carbonyl (C=O) groups is 1. The molecule has 0 aromatic carbocycles. The van der Waals surface area contributed by atoms with Crippen molar-refractivity contribution in [1.82, 2.24) is 5.32 Å². The predicted octanol–water partition coefficient (Wildman–Crippen LogP) is 10.6. The van der Waals surface area contributed by atoms with E-state index in [0.29, 0.717) is 23.9 Å². The molecule has 0 aliphatic carbocycles. The van der Waals surface area contributed by atoms with Gasteiger partial charge in [-0.25, -0.2) is 0 Å². The van der Waals surface area contributed by atoms with Crippen LogP contribution in [0.25, 0.3) is 0 Å². The first-order chi connectivity index (χ1) is 24.0. The van der Waals surface area contributed by atoms with Gasteiger partial charge in [0.15, 0.2) is 0 Å². The fraction of sp³-hybridized carbons (Fsp3) is 0.927. The highest BCUT2D eigenvalue weighted by Crippen LogP contribution is 2.38. The van der Waals surface area contributed by atoms with Gasteiger partial charge >= 0.3 is 0 Å². The van der Waals surface area contributed by atoms with Crippen LogP contribution in [0.1, 0.15) is 194 Å². The number of hydrogen-bond donors (Lipinski definition) is 2. The Morgan fingerprint density at radius 3 is 1.56 bits per heavy atom. The summed E-state index contributed by atoms with van der Waals surface area (Å²) >= 11 is 0. The number of nitrogens with one attached hydrogen (secondary N) is 1. The Morgan fingerprint density at radius 2 is 1.10 bits per heavy atom. The second kappa shape index (κ2) is 34.0. The van der Waals surface area contributed by atoms with Gasteiger partial charge < -0.3 is 28.8 Å². The number of aliphatic hydroxyl groups excluding tert-OH is 1. The SMILES string of the molecule is CCCCCCCC/C=C/CCCC[C@@H](O)[C@H](COP(=O)([O-])OCC[N+](C)(C)C)NC(=O)CCCCCCCCCCCCCCCCCC. The smallest absolute Gasteiger partial charge is 0.268 e. The monoisotopic (exact) mass is 731 g/mol. The van der Waals surface area contributed by atoms with Crippen LogP contribution in [0.3, 0.4) is 0 Å². The lowest BCUT2D eigenvalue weighted by molar-refractivity contribution is -0.870. The van der Waals surface area contributed by atoms with E-state index in [4.69, 9.17) is 9.05 Å². The summed E-state index contributed by atoms with van der Waals surface area (Å²) in [5.41, 5.74) is 0. The van der Waals surface area contributed by atoms with Crippen LogP contribution >= 0.6 is 7.82 Å². The summed E-state index contributed by atoms with van der Waals surface area (Å²) in [4.78, 5) is 25.2. The third kappa shape index (κ3) is 35.6. The van der Waals surface area contributed by atoms with E-state index in [2.05, 4.69) is 31.3 Å². The minimum absolute atomic E-state index is 0.00941. The van der Waals surface area contributed by atoms with Crippen molar-refractivity contribution in [3.05, 3.63) is 12.2 Å². The van der Waals surface area contributed by atoms with Crippen LogP contribution in [-0.4, -0.2) is 68.5 Å². The Hall–Kier alpha value is -0.760. The van der Waals surface area contributed by atoms with Crippen molar-refractivity contribution >= 4 is 13.7 Å². The van der Waals surface area contributed by atoms with Gasteiger partial charge in [-0.2, -0.15) is 0 Å². The minimum atomic E-state index is -4.56. The molecule has 0 aromatic heterocycles. The molecule has 0 radical (unpaired) electrons. The predicted molar refractivity (Wildman–Crippen MR) is 210 cm³/mol. The Labute approximate surface area is 310 Å². The molecule has 8 nitrogen and oxygen atoms in total. The van der Waals surface area contributed by atoms with Crippen molar-refractivity contribution in [2.45, 2.75) is 206 Å². The molecule has 2 N–H and O–H groups in total. The zero-order chi connectivity index (χ0) is 37.2. The van der Waals surface area contributed by atoms with Gasteiger partial charge in [0, 0.05) is 6.42 Å². The van der Waals surface area contributed by atoms with Crippen LogP contribution in [0.15, 0.2) is 12.2 Å². The third-order valence-electron chi connectivity index (χ3n) is 9.50. The highest BCUT2D eigenvalue weighted by molar-refractivity contribution is 7.45. The number of rotatable bonds is 38. The van der Waals surface area contributed by atoms with E-state index in [1.54, 1.807) is 0 Å². The molecule has 0 saturated heterocycles. The largest absolute Gasteiger partial charge is 0.756 e. The summed E-state index contributed by atoms with van der Waals surface area (Å²) in [7, 11) is 1.29. The normalized spacial score (nSPS) is 14.6. The molecule has 0 bridgehead atoms. The van der Waals surface area contributed by atoms with Crippen LogP contribution in [0.4, 0.5) is 0 Å². The van der Waals surface area contributed by atoms with Crippen LogP contribution in [0, 0.1) is 0 Å². The summed E-state index contributed by atoms with van der Waals surface area (Å²) in [6.07, 6.45) is 36.4. The first kappa shape index (κ1) is 49.2. The summed E-state index contributed by atoms with van der Waals surface area (Å²) in [5, 5.41) is 13.8. The maximum atomic E-state index is 12.8. The molecular formula is C41H83N2O6P. The molecule has 0 rings (SSSR count). The standard InChI is InChI=1S/C41H83N2O6P/c1-6-8-10-12-14-16-18-20-21-22-23-25-27-29-31-33-35-41(45)42-39(38-49-50(46,47)48-37-36-43(3,4)5)40(44)34-32-30-28-26-24-19-17-15-13-11-9-7-2/h24,26,39-40,44H,6-23,25,27-38H2,1-5H3,(H-,42,45,46,47)/b26-24+/t39-,40+/m0/s1. The van der Waals surface area contributed by atoms with Crippen molar-refractivity contribution in [2.24, 2.45) is 0 Å². The molecular weight excluding hydrogens is 647 g/mol. The molecule has 1 amide bonds. The molecule has 0 saturated carbocycles. The van der Waals surface area contributed by atoms with Gasteiger partial charge in [-0.05, 0) is 38.5 Å². The van der Waals surface area contributed by atoms with Gasteiger partial charge in [0.1, 0.15) is 13.2 Å². The summed E-state index contributed by atoms with van der Waals surface area (Å²) < 4.78 is 23.2. The van der Waals surface area contributed by atoms with E-state index in [9.17, 15) is 19.4 Å². The molecule has 1 unspecified atom stereocenters. The number of carbonyl (C=O) groups excluding carboxylic acids is 1. The average Bonchev–Trinajstić information content (AvgIpc) is 3.06. The van der Waals surface area contributed by atoms with Gasteiger partial charge in [0.05, 0.1) is 39.9 Å². The first-order valence-electron chi connectivity index (χ1n) is 21.0. The zero-order valence-electron chi connectivity index (χ0n) is 33.6. The fourth-order valence-electron chi connectivity index (χ4n) is 6.09. The van der Waals surface area contributed by atoms with Gasteiger partial charge in [-0.15, -0.1) is 0 Å². The van der Waals surface area contributed by atoms with Crippen LogP contribution in [-0.2, 0) is 18.4 Å². The molecule has 0 spiro atoms. The Kier molecular flexibility index (Phi) is 33.5. The van der Waals surface area contributed by atoms with Crippen molar-refractivity contribution in [3.8, 4) is 0 Å². The summed E-state index contributed by atoms with van der Waals surface area (Å²) in [6.45, 7) is 4.68. The molecule has 0 aliphatic heterocycles. The molecule has 50 heavy (non-hydrogen) atoms. The number of unbranched alkanes of at least 4 members (excludes halogenated alkanes) is 23. The van der Waals surface area contributed by atoms with E-state index in [1.807, 2.05) is 21.1 Å². The van der Waals surface area contributed by atoms with Gasteiger partial charge in [0.25, 0.3) is 7.82 Å². The number of amides is 1. The minimum Gasteiger partial charge on any atom is -0.756 e. The lowest BCUT2D eigenvalue weighted by Crippen LogP contribution is -2.46. The Balaban J connectivity index is 4.40. The van der Waals surface area contributed by atoms with E-state index in [-0.39, 0.29) is 19.1 Å². The zero-order valence-corrected chi connectivity index (χ0v) is 34.5. The van der Waals surface area contributed by atoms with Crippen molar-refractivity contribution < 1.29 is 32.9 Å². The van der Waals surface area contributed by atoms with Crippen molar-refractivity contribution in [3.63, 3.8) is 0 Å². The molecule has 9 heteroatoms. The lowest BCUT2D eigenvalue weighted by Gasteiger charge is -2.30. The van der Waals surface area contributed by atoms with Gasteiger partial charge in [-0.3, -0.25) is 9.36 Å². The molecule has 3 atom stereocenters. The number of phosphoric acid groups is 1. The quantitative estimate of drug-likeness (QED) is 0.0283. The highest BCUT2D eigenvalue weighted by atomic mass is 31.2. The number of nitrogens with zero attached hydrogens (tertiary/aromatic N) is 1. The van der Waals surface area contributed by atoms with Gasteiger partial charge in [0.2, 0.25) is 5.91 Å². The maximum absolute atomic E-state index is 12.8. The van der Waals surface area contributed by atoms with E-state index < -0.39 is 20.0 Å². The Morgan fingerprint density at radius 1 is 0.680 bits per heavy atom. The molecule has 0 aromatic rings. The molecule has 0 heterocycles. The number of allylic oxidation sites excluding steroid dienone is 2. The fourth-order valence-corrected chi connectivity index (χ4v) is 6.81. The number of aliphatic hydroxyl groups is 1. The first-order valence-corrected chi connectivity index (χ1v) is 22.5. The molecule has 0 aliphatic rings. The highest BCUT2D eigenvalue weighted by Gasteiger charge is 2.24. The third-order valence-corrected chi connectivity index (χ3v) is 10.5. The van der Waals surface area contributed by atoms with Crippen molar-refractivity contribution in [1.29, 1.82) is 0 Å². The molecule has 0 fully saturated rings. The van der Waals surface area contributed by atoms with Crippen LogP contribution in [0.5, 0.6) is 0 Å². The maximum Gasteiger partial charge on any atom is 0.268 e. The van der Waals surface area contributed by atoms with Crippen LogP contribution in [0.2, 0.25) is 0 Å². The van der Waals surface area contributed by atoms with E-state index in [0.717, 1.165) is 44.9 Å². The average molecular weight is 731 g/mol.